The highest BCUT2D eigenvalue weighted by Gasteiger charge is 2.22. The van der Waals surface area contributed by atoms with Gasteiger partial charge in [0.05, 0.1) is 5.39 Å². The van der Waals surface area contributed by atoms with E-state index in [-0.39, 0.29) is 0 Å². The summed E-state index contributed by atoms with van der Waals surface area (Å²) in [5, 5.41) is 4.97. The molecule has 1 fully saturated rings. The quantitative estimate of drug-likeness (QED) is 0.341. The molecule has 0 atom stereocenters. The van der Waals surface area contributed by atoms with Crippen LogP contribution in [0.3, 0.4) is 0 Å². The molecule has 1 aromatic carbocycles. The molecule has 33 heavy (non-hydrogen) atoms. The third-order valence-corrected chi connectivity index (χ3v) is 7.02. The number of aryl methyl sites for hydroxylation is 1. The molecule has 0 bridgehead atoms. The Morgan fingerprint density at radius 3 is 2.39 bits per heavy atom. The van der Waals surface area contributed by atoms with Gasteiger partial charge in [0.1, 0.15) is 17.8 Å². The second-order valence-corrected chi connectivity index (χ2v) is 9.70. The Balaban J connectivity index is 1.26. The monoisotopic (exact) mass is 447 g/mol. The molecule has 5 heteroatoms. The van der Waals surface area contributed by atoms with Crippen LogP contribution in [0.25, 0.3) is 11.0 Å². The Morgan fingerprint density at radius 2 is 1.64 bits per heavy atom. The van der Waals surface area contributed by atoms with Crippen molar-refractivity contribution in [3.05, 3.63) is 54.0 Å². The number of rotatable bonds is 12. The first kappa shape index (κ1) is 23.7. The van der Waals surface area contributed by atoms with Crippen LogP contribution in [0.5, 0.6) is 0 Å². The third kappa shape index (κ3) is 6.57. The van der Waals surface area contributed by atoms with Gasteiger partial charge in [-0.25, -0.2) is 9.97 Å². The van der Waals surface area contributed by atoms with E-state index in [4.69, 9.17) is 0 Å². The van der Waals surface area contributed by atoms with Gasteiger partial charge in [0.15, 0.2) is 0 Å². The molecule has 3 heterocycles. The van der Waals surface area contributed by atoms with Crippen molar-refractivity contribution in [3.8, 4) is 0 Å². The van der Waals surface area contributed by atoms with Crippen molar-refractivity contribution in [1.29, 1.82) is 0 Å². The van der Waals surface area contributed by atoms with Gasteiger partial charge < -0.3 is 14.8 Å². The molecule has 0 radical (unpaired) electrons. The molecule has 0 amide bonds. The summed E-state index contributed by atoms with van der Waals surface area (Å²) in [5.74, 6) is 1.09. The number of piperidine rings is 1. The van der Waals surface area contributed by atoms with Gasteiger partial charge in [-0.2, -0.15) is 0 Å². The van der Waals surface area contributed by atoms with Crippen LogP contribution in [-0.2, 0) is 6.54 Å². The smallest absolute Gasteiger partial charge is 0.145 e. The molecule has 0 aliphatic carbocycles. The van der Waals surface area contributed by atoms with Crippen LogP contribution < -0.4 is 10.2 Å². The van der Waals surface area contributed by atoms with Crippen molar-refractivity contribution in [2.45, 2.75) is 84.2 Å². The Morgan fingerprint density at radius 1 is 0.909 bits per heavy atom. The summed E-state index contributed by atoms with van der Waals surface area (Å²) in [6, 6.07) is 11.6. The van der Waals surface area contributed by atoms with E-state index >= 15 is 0 Å². The van der Waals surface area contributed by atoms with E-state index in [2.05, 4.69) is 75.1 Å². The Bertz CT molecular complexity index is 970. The van der Waals surface area contributed by atoms with E-state index < -0.39 is 0 Å². The minimum atomic E-state index is 0.643. The van der Waals surface area contributed by atoms with E-state index in [9.17, 15) is 0 Å². The van der Waals surface area contributed by atoms with E-state index in [1.165, 1.54) is 74.3 Å². The molecule has 1 aliphatic rings. The highest BCUT2D eigenvalue weighted by Crippen LogP contribution is 2.27. The molecule has 1 saturated heterocycles. The number of anilines is 1. The summed E-state index contributed by atoms with van der Waals surface area (Å²) < 4.78 is 2.24. The van der Waals surface area contributed by atoms with Crippen LogP contribution >= 0.6 is 0 Å². The van der Waals surface area contributed by atoms with Crippen LogP contribution in [0.2, 0.25) is 0 Å². The number of unbranched alkanes of at least 4 members (excludes halogenated alkanes) is 6. The average molecular weight is 448 g/mol. The molecular weight excluding hydrogens is 406 g/mol. The summed E-state index contributed by atoms with van der Waals surface area (Å²) in [6.45, 7) is 8.53. The lowest BCUT2D eigenvalue weighted by molar-refractivity contribution is 0.407. The zero-order valence-electron chi connectivity index (χ0n) is 20.6. The molecule has 5 nitrogen and oxygen atoms in total. The average Bonchev–Trinajstić information content (AvgIpc) is 3.25. The SMILES string of the molecule is CCCCCCCCCNC1CCN(c2ncnc3c2ccn3Cc2ccc(C)cc2)CC1. The zero-order valence-corrected chi connectivity index (χ0v) is 20.6. The Labute approximate surface area is 199 Å². The van der Waals surface area contributed by atoms with Crippen LogP contribution in [0, 0.1) is 6.92 Å². The lowest BCUT2D eigenvalue weighted by atomic mass is 10.0. The first-order valence-electron chi connectivity index (χ1n) is 13.1. The van der Waals surface area contributed by atoms with Gasteiger partial charge in [-0.1, -0.05) is 75.3 Å². The lowest BCUT2D eigenvalue weighted by Crippen LogP contribution is -2.43. The maximum absolute atomic E-state index is 4.69. The van der Waals surface area contributed by atoms with E-state index in [0.29, 0.717) is 6.04 Å². The van der Waals surface area contributed by atoms with Gasteiger partial charge in [0.2, 0.25) is 0 Å². The third-order valence-electron chi connectivity index (χ3n) is 7.02. The van der Waals surface area contributed by atoms with Gasteiger partial charge in [-0.15, -0.1) is 0 Å². The van der Waals surface area contributed by atoms with Gasteiger partial charge in [0.25, 0.3) is 0 Å². The minimum Gasteiger partial charge on any atom is -0.356 e. The number of benzene rings is 1. The molecule has 0 saturated carbocycles. The Hall–Kier alpha value is -2.40. The van der Waals surface area contributed by atoms with Gasteiger partial charge in [0, 0.05) is 31.9 Å². The molecule has 0 unspecified atom stereocenters. The van der Waals surface area contributed by atoms with Crippen LogP contribution in [0.1, 0.15) is 75.8 Å². The molecule has 3 aromatic rings. The van der Waals surface area contributed by atoms with E-state index in [1.54, 1.807) is 6.33 Å². The summed E-state index contributed by atoms with van der Waals surface area (Å²) >= 11 is 0. The molecular formula is C28H41N5. The van der Waals surface area contributed by atoms with Crippen molar-refractivity contribution in [1.82, 2.24) is 19.9 Å². The molecule has 178 valence electrons. The number of fused-ring (bicyclic) bond motifs is 1. The number of nitrogens with zero attached hydrogens (tertiary/aromatic N) is 4. The number of hydrogen-bond donors (Lipinski definition) is 1. The number of hydrogen-bond acceptors (Lipinski definition) is 4. The standard InChI is InChI=1S/C28H41N5/c1-3-4-5-6-7-8-9-17-29-25-14-18-32(19-15-25)27-26-16-20-33(28(26)31-22-30-27)21-24-12-10-23(2)11-13-24/h10-13,16,20,22,25,29H,3-9,14-15,17-19,21H2,1-2H3. The molecule has 2 aromatic heterocycles. The first-order chi connectivity index (χ1) is 16.2. The maximum atomic E-state index is 4.69. The molecule has 0 spiro atoms. The van der Waals surface area contributed by atoms with Crippen molar-refractivity contribution < 1.29 is 0 Å². The largest absolute Gasteiger partial charge is 0.356 e. The Kier molecular flexibility index (Phi) is 8.76. The summed E-state index contributed by atoms with van der Waals surface area (Å²) in [7, 11) is 0. The first-order valence-corrected chi connectivity index (χ1v) is 13.1. The second-order valence-electron chi connectivity index (χ2n) is 9.70. The molecule has 1 N–H and O–H groups in total. The zero-order chi connectivity index (χ0) is 22.9. The van der Waals surface area contributed by atoms with Crippen molar-refractivity contribution in [2.24, 2.45) is 0 Å². The van der Waals surface area contributed by atoms with Crippen LogP contribution in [0.4, 0.5) is 5.82 Å². The summed E-state index contributed by atoms with van der Waals surface area (Å²) in [5.41, 5.74) is 3.62. The predicted octanol–water partition coefficient (Wildman–Crippen LogP) is 6.10. The normalized spacial score (nSPS) is 14.9. The van der Waals surface area contributed by atoms with Gasteiger partial charge in [-0.3, -0.25) is 0 Å². The van der Waals surface area contributed by atoms with Crippen LogP contribution in [0.15, 0.2) is 42.9 Å². The van der Waals surface area contributed by atoms with Crippen molar-refractivity contribution in [2.75, 3.05) is 24.5 Å². The fourth-order valence-electron chi connectivity index (χ4n) is 4.94. The number of nitrogens with one attached hydrogen (secondary N) is 1. The topological polar surface area (TPSA) is 46.0 Å². The van der Waals surface area contributed by atoms with E-state index in [0.717, 1.165) is 37.6 Å². The molecule has 4 rings (SSSR count). The van der Waals surface area contributed by atoms with Gasteiger partial charge in [-0.05, 0) is 44.4 Å². The molecule has 1 aliphatic heterocycles. The predicted molar refractivity (Wildman–Crippen MR) is 139 cm³/mol. The second kappa shape index (κ2) is 12.2. The highest BCUT2D eigenvalue weighted by atomic mass is 15.2. The lowest BCUT2D eigenvalue weighted by Gasteiger charge is -2.33. The summed E-state index contributed by atoms with van der Waals surface area (Å²) in [6.07, 6.45) is 15.9. The fraction of sp³-hybridized carbons (Fsp3) is 0.571. The fourth-order valence-corrected chi connectivity index (χ4v) is 4.94. The van der Waals surface area contributed by atoms with Crippen molar-refractivity contribution in [3.63, 3.8) is 0 Å². The van der Waals surface area contributed by atoms with Gasteiger partial charge >= 0.3 is 0 Å². The summed E-state index contributed by atoms with van der Waals surface area (Å²) in [4.78, 5) is 11.8. The minimum absolute atomic E-state index is 0.643. The maximum Gasteiger partial charge on any atom is 0.145 e. The van der Waals surface area contributed by atoms with Crippen LogP contribution in [-0.4, -0.2) is 40.2 Å². The van der Waals surface area contributed by atoms with Crippen molar-refractivity contribution >= 4 is 16.9 Å². The highest BCUT2D eigenvalue weighted by molar-refractivity contribution is 5.88. The number of aromatic nitrogens is 3. The van der Waals surface area contributed by atoms with E-state index in [1.807, 2.05) is 0 Å².